The first-order chi connectivity index (χ1) is 14.1. The Kier molecular flexibility index (Phi) is 6.49. The van der Waals surface area contributed by atoms with Crippen LogP contribution in [0.2, 0.25) is 5.02 Å². The largest absolute Gasteiger partial charge is 0.289 e. The normalized spacial score (nSPS) is 12.0. The van der Waals surface area contributed by atoms with Crippen molar-refractivity contribution in [1.82, 2.24) is 0 Å². The highest BCUT2D eigenvalue weighted by molar-refractivity contribution is 7.90. The average molecular weight is 441 g/mol. The standard InChI is InChI=1S/C25H25ClO3S/c1-4-25(2,3)20-11-14-22(15-12-20)30(28,29)17-19-10-13-21(26)16-23(19)24(27)18-8-6-5-7-9-18/h5-16H,4,17H2,1-3H3. The Morgan fingerprint density at radius 3 is 2.17 bits per heavy atom. The molecule has 0 aliphatic heterocycles. The number of halogens is 1. The summed E-state index contributed by atoms with van der Waals surface area (Å²) in [5.74, 6) is -0.516. The Balaban J connectivity index is 1.95. The maximum atomic E-state index is 13.1. The quantitative estimate of drug-likeness (QED) is 0.409. The van der Waals surface area contributed by atoms with Gasteiger partial charge in [-0.1, -0.05) is 80.9 Å². The monoisotopic (exact) mass is 440 g/mol. The van der Waals surface area contributed by atoms with Crippen molar-refractivity contribution in [2.45, 2.75) is 43.3 Å². The highest BCUT2D eigenvalue weighted by atomic mass is 35.5. The third-order valence-corrected chi connectivity index (χ3v) is 7.49. The van der Waals surface area contributed by atoms with Crippen molar-refractivity contribution in [3.63, 3.8) is 0 Å². The van der Waals surface area contributed by atoms with Gasteiger partial charge in [-0.15, -0.1) is 0 Å². The van der Waals surface area contributed by atoms with E-state index in [1.807, 2.05) is 18.2 Å². The van der Waals surface area contributed by atoms with Gasteiger partial charge < -0.3 is 0 Å². The van der Waals surface area contributed by atoms with Crippen LogP contribution < -0.4 is 0 Å². The average Bonchev–Trinajstić information content (AvgIpc) is 2.75. The Labute approximate surface area is 183 Å². The lowest BCUT2D eigenvalue weighted by Crippen LogP contribution is -2.16. The molecule has 0 atom stereocenters. The van der Waals surface area contributed by atoms with E-state index >= 15 is 0 Å². The molecule has 0 bridgehead atoms. The lowest BCUT2D eigenvalue weighted by molar-refractivity contribution is 0.103. The van der Waals surface area contributed by atoms with E-state index in [1.165, 1.54) is 6.07 Å². The second-order valence-electron chi connectivity index (χ2n) is 8.02. The van der Waals surface area contributed by atoms with Gasteiger partial charge in [-0.05, 0) is 47.2 Å². The zero-order valence-electron chi connectivity index (χ0n) is 17.4. The summed E-state index contributed by atoms with van der Waals surface area (Å²) in [6, 6.07) is 20.6. The SMILES string of the molecule is CCC(C)(C)c1ccc(S(=O)(=O)Cc2ccc(Cl)cc2C(=O)c2ccccc2)cc1. The zero-order valence-corrected chi connectivity index (χ0v) is 18.9. The number of rotatable bonds is 7. The summed E-state index contributed by atoms with van der Waals surface area (Å²) >= 11 is 6.11. The second-order valence-corrected chi connectivity index (χ2v) is 10.4. The van der Waals surface area contributed by atoms with Crippen LogP contribution in [0.15, 0.2) is 77.7 Å². The van der Waals surface area contributed by atoms with Gasteiger partial charge in [-0.25, -0.2) is 8.42 Å². The summed E-state index contributed by atoms with van der Waals surface area (Å²) in [5, 5.41) is 0.390. The van der Waals surface area contributed by atoms with E-state index < -0.39 is 9.84 Å². The summed E-state index contributed by atoms with van der Waals surface area (Å²) in [5.41, 5.74) is 2.31. The minimum Gasteiger partial charge on any atom is -0.289 e. The molecule has 0 saturated carbocycles. The summed E-state index contributed by atoms with van der Waals surface area (Å²) in [4.78, 5) is 13.2. The van der Waals surface area contributed by atoms with Crippen molar-refractivity contribution in [1.29, 1.82) is 0 Å². The van der Waals surface area contributed by atoms with Crippen LogP contribution >= 0.6 is 11.6 Å². The van der Waals surface area contributed by atoms with E-state index in [0.717, 1.165) is 12.0 Å². The number of sulfone groups is 1. The Hall–Kier alpha value is -2.43. The molecule has 156 valence electrons. The molecule has 5 heteroatoms. The van der Waals surface area contributed by atoms with Gasteiger partial charge in [0.2, 0.25) is 0 Å². The first-order valence-electron chi connectivity index (χ1n) is 9.85. The fourth-order valence-corrected chi connectivity index (χ4v) is 4.79. The van der Waals surface area contributed by atoms with Gasteiger partial charge in [0, 0.05) is 16.1 Å². The van der Waals surface area contributed by atoms with Gasteiger partial charge in [0.25, 0.3) is 0 Å². The first kappa shape index (κ1) is 22.3. The zero-order chi connectivity index (χ0) is 21.9. The van der Waals surface area contributed by atoms with Crippen LogP contribution in [0.3, 0.4) is 0 Å². The number of ketones is 1. The molecule has 3 rings (SSSR count). The van der Waals surface area contributed by atoms with Crippen molar-refractivity contribution in [2.24, 2.45) is 0 Å². The predicted octanol–water partition coefficient (Wildman–Crippen LogP) is 6.23. The smallest absolute Gasteiger partial charge is 0.193 e. The van der Waals surface area contributed by atoms with E-state index in [9.17, 15) is 13.2 Å². The molecule has 0 aliphatic rings. The fraction of sp³-hybridized carbons (Fsp3) is 0.240. The van der Waals surface area contributed by atoms with Crippen molar-refractivity contribution >= 4 is 27.2 Å². The van der Waals surface area contributed by atoms with Crippen LogP contribution in [-0.2, 0) is 21.0 Å². The number of hydrogen-bond acceptors (Lipinski definition) is 3. The fourth-order valence-electron chi connectivity index (χ4n) is 3.24. The third-order valence-electron chi connectivity index (χ3n) is 5.58. The Morgan fingerprint density at radius 1 is 0.933 bits per heavy atom. The molecule has 0 fully saturated rings. The third kappa shape index (κ3) is 4.82. The topological polar surface area (TPSA) is 51.2 Å². The summed E-state index contributed by atoms with van der Waals surface area (Å²) in [6.45, 7) is 6.37. The highest BCUT2D eigenvalue weighted by Gasteiger charge is 2.23. The molecular weight excluding hydrogens is 416 g/mol. The van der Waals surface area contributed by atoms with E-state index in [2.05, 4.69) is 20.8 Å². The lowest BCUT2D eigenvalue weighted by Gasteiger charge is -2.23. The Morgan fingerprint density at radius 2 is 1.57 bits per heavy atom. The summed E-state index contributed by atoms with van der Waals surface area (Å²) in [7, 11) is -3.63. The molecule has 0 saturated heterocycles. The van der Waals surface area contributed by atoms with Gasteiger partial charge in [0.05, 0.1) is 10.6 Å². The maximum absolute atomic E-state index is 13.1. The molecule has 0 unspecified atom stereocenters. The lowest BCUT2D eigenvalue weighted by atomic mass is 9.82. The molecule has 0 radical (unpaired) electrons. The van der Waals surface area contributed by atoms with Crippen molar-refractivity contribution < 1.29 is 13.2 Å². The molecule has 0 N–H and O–H groups in total. The van der Waals surface area contributed by atoms with Crippen molar-refractivity contribution in [3.8, 4) is 0 Å². The highest BCUT2D eigenvalue weighted by Crippen LogP contribution is 2.29. The summed E-state index contributed by atoms with van der Waals surface area (Å²) < 4.78 is 26.2. The minimum absolute atomic E-state index is 0.0201. The number of hydrogen-bond donors (Lipinski definition) is 0. The maximum Gasteiger partial charge on any atom is 0.193 e. The van der Waals surface area contributed by atoms with E-state index in [0.29, 0.717) is 21.7 Å². The van der Waals surface area contributed by atoms with Gasteiger partial charge in [-0.3, -0.25) is 4.79 Å². The van der Waals surface area contributed by atoms with Crippen LogP contribution in [0.5, 0.6) is 0 Å². The molecular formula is C25H25ClO3S. The van der Waals surface area contributed by atoms with Crippen LogP contribution in [0.1, 0.15) is 54.2 Å². The van der Waals surface area contributed by atoms with Crippen LogP contribution in [0.4, 0.5) is 0 Å². The van der Waals surface area contributed by atoms with Gasteiger partial charge in [-0.2, -0.15) is 0 Å². The predicted molar refractivity (Wildman–Crippen MR) is 122 cm³/mol. The van der Waals surface area contributed by atoms with Gasteiger partial charge in [0.1, 0.15) is 0 Å². The molecule has 0 amide bonds. The molecule has 0 spiro atoms. The van der Waals surface area contributed by atoms with E-state index in [1.54, 1.807) is 48.5 Å². The first-order valence-corrected chi connectivity index (χ1v) is 11.9. The molecule has 3 nitrogen and oxygen atoms in total. The number of carbonyl (C=O) groups excluding carboxylic acids is 1. The van der Waals surface area contributed by atoms with Crippen LogP contribution in [0.25, 0.3) is 0 Å². The molecule has 0 aromatic heterocycles. The molecule has 3 aromatic rings. The van der Waals surface area contributed by atoms with E-state index in [4.69, 9.17) is 11.6 Å². The Bertz CT molecular complexity index is 1150. The van der Waals surface area contributed by atoms with Crippen molar-refractivity contribution in [3.05, 3.63) is 100 Å². The second kappa shape index (κ2) is 8.75. The van der Waals surface area contributed by atoms with Crippen molar-refractivity contribution in [2.75, 3.05) is 0 Å². The van der Waals surface area contributed by atoms with Gasteiger partial charge >= 0.3 is 0 Å². The molecule has 30 heavy (non-hydrogen) atoms. The molecule has 0 aliphatic carbocycles. The van der Waals surface area contributed by atoms with Crippen LogP contribution in [0, 0.1) is 0 Å². The van der Waals surface area contributed by atoms with E-state index in [-0.39, 0.29) is 21.8 Å². The minimum atomic E-state index is -3.63. The summed E-state index contributed by atoms with van der Waals surface area (Å²) in [6.07, 6.45) is 0.953. The number of carbonyl (C=O) groups is 1. The number of benzene rings is 3. The molecule has 0 heterocycles. The van der Waals surface area contributed by atoms with Crippen LogP contribution in [-0.4, -0.2) is 14.2 Å². The molecule has 3 aromatic carbocycles. The van der Waals surface area contributed by atoms with Gasteiger partial charge in [0.15, 0.2) is 15.6 Å².